The summed E-state index contributed by atoms with van der Waals surface area (Å²) in [5.41, 5.74) is 5.81. The molecule has 2 aromatic carbocycles. The number of rotatable bonds is 7. The Morgan fingerprint density at radius 3 is 2.21 bits per heavy atom. The molecular weight excluding hydrogens is 436 g/mol. The molecule has 0 N–H and O–H groups in total. The van der Waals surface area contributed by atoms with Gasteiger partial charge in [0.05, 0.1) is 12.2 Å². The van der Waals surface area contributed by atoms with E-state index in [-0.39, 0.29) is 16.8 Å². The van der Waals surface area contributed by atoms with E-state index in [0.717, 1.165) is 16.9 Å². The second kappa shape index (κ2) is 10.9. The molecule has 1 aliphatic carbocycles. The zero-order chi connectivity index (χ0) is 24.9. The summed E-state index contributed by atoms with van der Waals surface area (Å²) < 4.78 is 11.8. The van der Waals surface area contributed by atoms with Gasteiger partial charge in [0.15, 0.2) is 0 Å². The van der Waals surface area contributed by atoms with Crippen LogP contribution in [0.1, 0.15) is 99.3 Å². The van der Waals surface area contributed by atoms with E-state index in [9.17, 15) is 4.79 Å². The second-order valence-corrected chi connectivity index (χ2v) is 13.5. The third-order valence-electron chi connectivity index (χ3n) is 6.79. The first-order chi connectivity index (χ1) is 16.0. The zero-order valence-corrected chi connectivity index (χ0v) is 23.3. The van der Waals surface area contributed by atoms with E-state index < -0.39 is 9.04 Å². The number of hydrogen-bond acceptors (Lipinski definition) is 3. The van der Waals surface area contributed by atoms with Crippen molar-refractivity contribution in [1.29, 1.82) is 0 Å². The smallest absolute Gasteiger partial charge is 0.338 e. The molecule has 0 aliphatic heterocycles. The summed E-state index contributed by atoms with van der Waals surface area (Å²) >= 11 is 0. The molecule has 0 heterocycles. The molecule has 0 atom stereocenters. The van der Waals surface area contributed by atoms with Crippen LogP contribution in [0.5, 0.6) is 5.75 Å². The SMILES string of the molecule is CCOC(=O)c1ccc(/C=C/c2ccc(C(C)(C)C)c(C3(C)CCCCC3)c2O[SiH](C)C)cc1. The quantitative estimate of drug-likeness (QED) is 0.230. The normalized spacial score (nSPS) is 16.1. The highest BCUT2D eigenvalue weighted by atomic mass is 28.3. The first-order valence-corrected chi connectivity index (χ1v) is 15.6. The summed E-state index contributed by atoms with van der Waals surface area (Å²) in [6.07, 6.45) is 10.6. The molecular formula is C30H42O3Si. The molecule has 1 saturated carbocycles. The fraction of sp³-hybridized carbons (Fsp3) is 0.500. The molecule has 3 nitrogen and oxygen atoms in total. The van der Waals surface area contributed by atoms with Gasteiger partial charge in [0.25, 0.3) is 0 Å². The standard InChI is InChI=1S/C30H42O3Si/c1-8-32-28(31)24-16-13-22(14-17-24)12-15-23-18-19-25(29(2,3)4)26(27(23)33-34(6)7)30(5)20-10-9-11-21-30/h12-19,34H,8-11,20-21H2,1-7H3/b15-12+. The largest absolute Gasteiger partial charge is 0.546 e. The van der Waals surface area contributed by atoms with Gasteiger partial charge in [-0.3, -0.25) is 0 Å². The van der Waals surface area contributed by atoms with Crippen LogP contribution >= 0.6 is 0 Å². The van der Waals surface area contributed by atoms with Crippen LogP contribution in [0.3, 0.4) is 0 Å². The zero-order valence-electron chi connectivity index (χ0n) is 22.2. The van der Waals surface area contributed by atoms with E-state index >= 15 is 0 Å². The third-order valence-corrected chi connectivity index (χ3v) is 7.49. The van der Waals surface area contributed by atoms with Gasteiger partial charge in [-0.15, -0.1) is 0 Å². The number of carbonyl (C=O) groups excluding carboxylic acids is 1. The highest BCUT2D eigenvalue weighted by Crippen LogP contribution is 2.49. The number of carbonyl (C=O) groups is 1. The van der Waals surface area contributed by atoms with E-state index in [1.807, 2.05) is 31.2 Å². The van der Waals surface area contributed by atoms with Gasteiger partial charge in [0.1, 0.15) is 5.75 Å². The molecule has 0 unspecified atom stereocenters. The number of esters is 1. The highest BCUT2D eigenvalue weighted by molar-refractivity contribution is 6.49. The van der Waals surface area contributed by atoms with Crippen molar-refractivity contribution in [2.75, 3.05) is 6.61 Å². The van der Waals surface area contributed by atoms with Gasteiger partial charge >= 0.3 is 5.97 Å². The molecule has 0 spiro atoms. The van der Waals surface area contributed by atoms with Crippen molar-refractivity contribution in [3.63, 3.8) is 0 Å². The maximum absolute atomic E-state index is 12.0. The van der Waals surface area contributed by atoms with Gasteiger partial charge < -0.3 is 9.16 Å². The van der Waals surface area contributed by atoms with E-state index in [1.54, 1.807) is 0 Å². The van der Waals surface area contributed by atoms with Crippen LogP contribution in [0.4, 0.5) is 0 Å². The van der Waals surface area contributed by atoms with Crippen molar-refractivity contribution < 1.29 is 14.0 Å². The fourth-order valence-corrected chi connectivity index (χ4v) is 5.76. The Balaban J connectivity index is 2.07. The van der Waals surface area contributed by atoms with E-state index in [1.165, 1.54) is 43.2 Å². The van der Waals surface area contributed by atoms with Crippen LogP contribution in [0.15, 0.2) is 36.4 Å². The minimum Gasteiger partial charge on any atom is -0.546 e. The highest BCUT2D eigenvalue weighted by Gasteiger charge is 2.37. The summed E-state index contributed by atoms with van der Waals surface area (Å²) in [6.45, 7) is 16.1. The lowest BCUT2D eigenvalue weighted by Gasteiger charge is -2.40. The Bertz CT molecular complexity index is 1010. The molecule has 2 aromatic rings. The maximum atomic E-state index is 12.0. The minimum atomic E-state index is -1.32. The van der Waals surface area contributed by atoms with Crippen molar-refractivity contribution in [3.05, 3.63) is 64.2 Å². The lowest BCUT2D eigenvalue weighted by molar-refractivity contribution is 0.0526. The van der Waals surface area contributed by atoms with Gasteiger partial charge in [-0.05, 0) is 66.9 Å². The third kappa shape index (κ3) is 6.21. The van der Waals surface area contributed by atoms with Crippen molar-refractivity contribution in [1.82, 2.24) is 0 Å². The first-order valence-electron chi connectivity index (χ1n) is 12.8. The Kier molecular flexibility index (Phi) is 8.46. The molecule has 0 bridgehead atoms. The first kappa shape index (κ1) is 26.3. The van der Waals surface area contributed by atoms with E-state index in [0.29, 0.717) is 12.2 Å². The van der Waals surface area contributed by atoms with Crippen LogP contribution in [-0.4, -0.2) is 21.6 Å². The molecule has 0 amide bonds. The summed E-state index contributed by atoms with van der Waals surface area (Å²) in [5.74, 6) is 0.816. The predicted octanol–water partition coefficient (Wildman–Crippen LogP) is 7.92. The summed E-state index contributed by atoms with van der Waals surface area (Å²) in [5, 5.41) is 0. The summed E-state index contributed by atoms with van der Waals surface area (Å²) in [7, 11) is -1.32. The van der Waals surface area contributed by atoms with Crippen LogP contribution < -0.4 is 4.43 Å². The number of benzene rings is 2. The minimum absolute atomic E-state index is 0.0532. The monoisotopic (exact) mass is 478 g/mol. The fourth-order valence-electron chi connectivity index (χ4n) is 5.03. The molecule has 0 saturated heterocycles. The Morgan fingerprint density at radius 2 is 1.65 bits per heavy atom. The number of ether oxygens (including phenoxy) is 1. The predicted molar refractivity (Wildman–Crippen MR) is 146 cm³/mol. The molecule has 0 radical (unpaired) electrons. The average Bonchev–Trinajstić information content (AvgIpc) is 2.78. The van der Waals surface area contributed by atoms with Gasteiger partial charge in [-0.2, -0.15) is 0 Å². The summed E-state index contributed by atoms with van der Waals surface area (Å²) in [6, 6.07) is 12.1. The molecule has 3 rings (SSSR count). The van der Waals surface area contributed by atoms with Gasteiger partial charge in [0.2, 0.25) is 9.04 Å². The van der Waals surface area contributed by atoms with Gasteiger partial charge in [0, 0.05) is 11.1 Å². The Morgan fingerprint density at radius 1 is 1.00 bits per heavy atom. The lowest BCUT2D eigenvalue weighted by Crippen LogP contribution is -2.31. The number of hydrogen-bond donors (Lipinski definition) is 0. The topological polar surface area (TPSA) is 35.5 Å². The molecule has 0 aromatic heterocycles. The van der Waals surface area contributed by atoms with Crippen molar-refractivity contribution in [2.45, 2.75) is 90.6 Å². The van der Waals surface area contributed by atoms with Crippen LogP contribution in [0.25, 0.3) is 12.2 Å². The van der Waals surface area contributed by atoms with Crippen LogP contribution in [0.2, 0.25) is 13.1 Å². The Labute approximate surface area is 208 Å². The molecule has 34 heavy (non-hydrogen) atoms. The molecule has 1 aliphatic rings. The van der Waals surface area contributed by atoms with Crippen molar-refractivity contribution in [3.8, 4) is 5.75 Å². The van der Waals surface area contributed by atoms with Gasteiger partial charge in [-0.1, -0.05) is 83.4 Å². The lowest BCUT2D eigenvalue weighted by atomic mass is 9.66. The molecule has 1 fully saturated rings. The molecule has 184 valence electrons. The second-order valence-electron chi connectivity index (χ2n) is 11.1. The Hall–Kier alpha value is -2.33. The van der Waals surface area contributed by atoms with Crippen LogP contribution in [-0.2, 0) is 15.6 Å². The molecule has 4 heteroatoms. The van der Waals surface area contributed by atoms with E-state index in [2.05, 4.69) is 65.1 Å². The summed E-state index contributed by atoms with van der Waals surface area (Å²) in [4.78, 5) is 12.0. The van der Waals surface area contributed by atoms with Crippen LogP contribution in [0, 0.1) is 0 Å². The average molecular weight is 479 g/mol. The van der Waals surface area contributed by atoms with Crippen molar-refractivity contribution in [2.24, 2.45) is 0 Å². The maximum Gasteiger partial charge on any atom is 0.338 e. The van der Waals surface area contributed by atoms with Gasteiger partial charge in [-0.25, -0.2) is 4.79 Å². The van der Waals surface area contributed by atoms with E-state index in [4.69, 9.17) is 9.16 Å². The van der Waals surface area contributed by atoms with Crippen molar-refractivity contribution >= 4 is 27.2 Å².